The molecular weight excluding hydrogens is 389 g/mol. The van der Waals surface area contributed by atoms with Gasteiger partial charge in [0.05, 0.1) is 17.5 Å². The summed E-state index contributed by atoms with van der Waals surface area (Å²) in [4.78, 5) is 22.3. The van der Waals surface area contributed by atoms with E-state index in [-0.39, 0.29) is 17.8 Å². The number of nitrogen functional groups attached to an aromatic ring is 1. The monoisotopic (exact) mass is 411 g/mol. The van der Waals surface area contributed by atoms with Gasteiger partial charge in [-0.3, -0.25) is 4.79 Å². The first kappa shape index (κ1) is 19.8. The Hall–Kier alpha value is -3.53. The summed E-state index contributed by atoms with van der Waals surface area (Å²) in [7, 11) is 0. The molecule has 4 heterocycles. The van der Waals surface area contributed by atoms with Crippen LogP contribution in [-0.4, -0.2) is 37.3 Å². The zero-order valence-electron chi connectivity index (χ0n) is 16.8. The van der Waals surface area contributed by atoms with E-state index in [0.717, 1.165) is 11.9 Å². The molecule has 1 atom stereocenters. The molecule has 3 aromatic rings. The third-order valence-corrected chi connectivity index (χ3v) is 4.82. The molecule has 1 aliphatic heterocycles. The standard InChI is InChI=1S/C20H22FN7O2/c1-20(2,3)13-8-16-27(10-15(29)25-14-5-4-11(21)9-24-14)19(30)17-12(22)6-7-23-18(17)28(16)26-13/h4-9,19,30H,10H2,1-3H3,(H2,22,23)(H,24,25,29). The van der Waals surface area contributed by atoms with Crippen LogP contribution in [0.4, 0.5) is 21.7 Å². The number of carbonyl (C=O) groups is 1. The van der Waals surface area contributed by atoms with E-state index in [1.165, 1.54) is 17.0 Å². The highest BCUT2D eigenvalue weighted by molar-refractivity contribution is 5.93. The number of carbonyl (C=O) groups excluding carboxylic acids is 1. The molecule has 30 heavy (non-hydrogen) atoms. The van der Waals surface area contributed by atoms with Crippen LogP contribution in [0.25, 0.3) is 5.82 Å². The van der Waals surface area contributed by atoms with Crippen LogP contribution in [0.2, 0.25) is 0 Å². The van der Waals surface area contributed by atoms with Gasteiger partial charge >= 0.3 is 0 Å². The molecule has 1 unspecified atom stereocenters. The third kappa shape index (κ3) is 3.45. The number of halogens is 1. The van der Waals surface area contributed by atoms with Crippen molar-refractivity contribution in [3.05, 3.63) is 53.7 Å². The summed E-state index contributed by atoms with van der Waals surface area (Å²) in [5, 5.41) is 18.3. The van der Waals surface area contributed by atoms with Crippen molar-refractivity contribution in [2.24, 2.45) is 0 Å². The van der Waals surface area contributed by atoms with E-state index in [1.807, 2.05) is 26.8 Å². The molecule has 1 amide bonds. The molecule has 4 N–H and O–H groups in total. The second-order valence-electron chi connectivity index (χ2n) is 8.10. The van der Waals surface area contributed by atoms with E-state index in [9.17, 15) is 14.3 Å². The predicted octanol–water partition coefficient (Wildman–Crippen LogP) is 2.13. The molecule has 0 fully saturated rings. The smallest absolute Gasteiger partial charge is 0.245 e. The normalized spacial score (nSPS) is 15.5. The Morgan fingerprint density at radius 1 is 1.30 bits per heavy atom. The summed E-state index contributed by atoms with van der Waals surface area (Å²) in [5.74, 6) is 0.199. The van der Waals surface area contributed by atoms with Crippen molar-refractivity contribution in [3.8, 4) is 5.82 Å². The SMILES string of the molecule is CC(C)(C)c1cc2n(n1)-c1nccc(N)c1C(O)N2CC(=O)Nc1ccc(F)cn1. The van der Waals surface area contributed by atoms with Crippen molar-refractivity contribution in [2.45, 2.75) is 32.4 Å². The molecule has 0 bridgehead atoms. The Bertz CT molecular complexity index is 1110. The maximum absolute atomic E-state index is 13.0. The molecule has 0 aromatic carbocycles. The zero-order valence-corrected chi connectivity index (χ0v) is 16.8. The number of rotatable bonds is 3. The number of aliphatic hydroxyl groups excluding tert-OH is 1. The van der Waals surface area contributed by atoms with Gasteiger partial charge in [-0.05, 0) is 18.2 Å². The maximum atomic E-state index is 13.0. The van der Waals surface area contributed by atoms with Gasteiger partial charge in [0.25, 0.3) is 0 Å². The van der Waals surface area contributed by atoms with Gasteiger partial charge in [-0.25, -0.2) is 14.4 Å². The van der Waals surface area contributed by atoms with Crippen molar-refractivity contribution in [1.29, 1.82) is 0 Å². The first-order valence-electron chi connectivity index (χ1n) is 9.36. The number of nitrogens with zero attached hydrogens (tertiary/aromatic N) is 5. The first-order chi connectivity index (χ1) is 14.1. The number of hydrogen-bond donors (Lipinski definition) is 3. The summed E-state index contributed by atoms with van der Waals surface area (Å²) in [6, 6.07) is 5.97. The Kier molecular flexibility index (Phi) is 4.65. The van der Waals surface area contributed by atoms with Crippen molar-refractivity contribution in [2.75, 3.05) is 22.5 Å². The Morgan fingerprint density at radius 2 is 2.07 bits per heavy atom. The number of aromatic nitrogens is 4. The Labute approximate surface area is 172 Å². The largest absolute Gasteiger partial charge is 0.398 e. The summed E-state index contributed by atoms with van der Waals surface area (Å²) in [6.07, 6.45) is 1.36. The van der Waals surface area contributed by atoms with E-state index in [0.29, 0.717) is 22.9 Å². The summed E-state index contributed by atoms with van der Waals surface area (Å²) in [6.45, 7) is 5.84. The molecule has 0 radical (unpaired) electrons. The molecule has 4 rings (SSSR count). The van der Waals surface area contributed by atoms with Crippen LogP contribution in [0.1, 0.15) is 38.3 Å². The van der Waals surface area contributed by atoms with Crippen LogP contribution in [0.5, 0.6) is 0 Å². The van der Waals surface area contributed by atoms with Crippen LogP contribution >= 0.6 is 0 Å². The lowest BCUT2D eigenvalue weighted by molar-refractivity contribution is -0.115. The first-order valence-corrected chi connectivity index (χ1v) is 9.36. The van der Waals surface area contributed by atoms with Crippen LogP contribution < -0.4 is 16.0 Å². The summed E-state index contributed by atoms with van der Waals surface area (Å²) >= 11 is 0. The third-order valence-electron chi connectivity index (χ3n) is 4.82. The van der Waals surface area contributed by atoms with Gasteiger partial charge in [0, 0.05) is 23.4 Å². The Balaban J connectivity index is 1.71. The number of nitrogens with one attached hydrogen (secondary N) is 1. The molecule has 156 valence electrons. The molecule has 0 saturated heterocycles. The highest BCUT2D eigenvalue weighted by Crippen LogP contribution is 2.40. The molecule has 0 aliphatic carbocycles. The molecule has 10 heteroatoms. The van der Waals surface area contributed by atoms with Gasteiger partial charge < -0.3 is 21.1 Å². The lowest BCUT2D eigenvalue weighted by Gasteiger charge is -2.34. The van der Waals surface area contributed by atoms with Crippen LogP contribution in [0.3, 0.4) is 0 Å². The topological polar surface area (TPSA) is 122 Å². The fraction of sp³-hybridized carbons (Fsp3) is 0.300. The second-order valence-corrected chi connectivity index (χ2v) is 8.10. The number of pyridine rings is 2. The molecule has 0 saturated carbocycles. The maximum Gasteiger partial charge on any atom is 0.245 e. The van der Waals surface area contributed by atoms with Crippen molar-refractivity contribution >= 4 is 23.2 Å². The van der Waals surface area contributed by atoms with Gasteiger partial charge in [-0.2, -0.15) is 9.78 Å². The molecular formula is C20H22FN7O2. The number of anilines is 3. The van der Waals surface area contributed by atoms with E-state index < -0.39 is 18.0 Å². The highest BCUT2D eigenvalue weighted by atomic mass is 19.1. The fourth-order valence-corrected chi connectivity index (χ4v) is 3.24. The van der Waals surface area contributed by atoms with Crippen molar-refractivity contribution < 1.29 is 14.3 Å². The lowest BCUT2D eigenvalue weighted by atomic mass is 9.92. The predicted molar refractivity (Wildman–Crippen MR) is 110 cm³/mol. The van der Waals surface area contributed by atoms with Gasteiger partial charge in [0.15, 0.2) is 12.0 Å². The van der Waals surface area contributed by atoms with Gasteiger partial charge in [0.1, 0.15) is 24.0 Å². The van der Waals surface area contributed by atoms with Crippen LogP contribution in [-0.2, 0) is 10.2 Å². The van der Waals surface area contributed by atoms with Crippen molar-refractivity contribution in [3.63, 3.8) is 0 Å². The Morgan fingerprint density at radius 3 is 2.73 bits per heavy atom. The number of nitrogens with two attached hydrogens (primary N) is 1. The zero-order chi connectivity index (χ0) is 21.6. The van der Waals surface area contributed by atoms with Gasteiger partial charge in [0.2, 0.25) is 5.91 Å². The molecule has 1 aliphatic rings. The van der Waals surface area contributed by atoms with E-state index >= 15 is 0 Å². The second kappa shape index (κ2) is 7.06. The average molecular weight is 411 g/mol. The number of hydrogen-bond acceptors (Lipinski definition) is 7. The lowest BCUT2D eigenvalue weighted by Crippen LogP contribution is -2.41. The number of amides is 1. The highest BCUT2D eigenvalue weighted by Gasteiger charge is 2.36. The number of fused-ring (bicyclic) bond motifs is 3. The van der Waals surface area contributed by atoms with Gasteiger partial charge in [-0.15, -0.1) is 0 Å². The minimum atomic E-state index is -1.20. The van der Waals surface area contributed by atoms with Crippen molar-refractivity contribution in [1.82, 2.24) is 19.7 Å². The van der Waals surface area contributed by atoms with E-state index in [1.54, 1.807) is 16.9 Å². The minimum Gasteiger partial charge on any atom is -0.398 e. The number of aliphatic hydroxyl groups is 1. The van der Waals surface area contributed by atoms with E-state index in [4.69, 9.17) is 5.73 Å². The van der Waals surface area contributed by atoms with Crippen LogP contribution in [0.15, 0.2) is 36.7 Å². The van der Waals surface area contributed by atoms with E-state index in [2.05, 4.69) is 20.4 Å². The average Bonchev–Trinajstić information content (AvgIpc) is 3.13. The molecule has 3 aromatic heterocycles. The summed E-state index contributed by atoms with van der Waals surface area (Å²) in [5.41, 5.74) is 7.33. The minimum absolute atomic E-state index is 0.205. The molecule has 0 spiro atoms. The van der Waals surface area contributed by atoms with Gasteiger partial charge in [-0.1, -0.05) is 20.8 Å². The molecule has 9 nitrogen and oxygen atoms in total. The van der Waals surface area contributed by atoms with Crippen LogP contribution in [0, 0.1) is 5.82 Å². The fourth-order valence-electron chi connectivity index (χ4n) is 3.24. The summed E-state index contributed by atoms with van der Waals surface area (Å²) < 4.78 is 14.6. The quantitative estimate of drug-likeness (QED) is 0.603.